The van der Waals surface area contributed by atoms with Crippen LogP contribution in [0.15, 0.2) is 59.8 Å². The van der Waals surface area contributed by atoms with Crippen molar-refractivity contribution in [1.29, 1.82) is 5.26 Å². The van der Waals surface area contributed by atoms with E-state index in [2.05, 4.69) is 9.72 Å². The number of carbonyl (C=O) groups excluding carboxylic acids is 1. The summed E-state index contributed by atoms with van der Waals surface area (Å²) in [4.78, 5) is 17.6. The van der Waals surface area contributed by atoms with Crippen LogP contribution in [0.2, 0.25) is 10.0 Å². The normalized spacial score (nSPS) is 17.7. The molecule has 2 aromatic carbocycles. The molecule has 1 saturated heterocycles. The Kier molecular flexibility index (Phi) is 10.2. The lowest BCUT2D eigenvalue weighted by atomic mass is 10.0. The summed E-state index contributed by atoms with van der Waals surface area (Å²) in [6.45, 7) is -2.73. The molecular weight excluding hydrogens is 659 g/mol. The predicted molar refractivity (Wildman–Crippen MR) is 159 cm³/mol. The summed E-state index contributed by atoms with van der Waals surface area (Å²) in [7, 11) is -4.12. The smallest absolute Gasteiger partial charge is 0.387 e. The van der Waals surface area contributed by atoms with Crippen LogP contribution in [0, 0.1) is 17.2 Å². The largest absolute Gasteiger partial charge is 0.489 e. The molecule has 0 amide bonds. The Balaban J connectivity index is 1.45. The van der Waals surface area contributed by atoms with Gasteiger partial charge in [0.25, 0.3) is 0 Å². The van der Waals surface area contributed by atoms with Gasteiger partial charge in [-0.1, -0.05) is 29.3 Å². The number of benzene rings is 2. The van der Waals surface area contributed by atoms with Gasteiger partial charge < -0.3 is 14.2 Å². The number of hydrogen-bond acceptors (Lipinski definition) is 9. The third kappa shape index (κ3) is 7.55. The second-order valence-electron chi connectivity index (χ2n) is 10.0. The van der Waals surface area contributed by atoms with Crippen LogP contribution in [0.4, 0.5) is 8.78 Å². The topological polar surface area (TPSA) is 119 Å². The van der Waals surface area contributed by atoms with Crippen molar-refractivity contribution in [2.24, 2.45) is 5.92 Å². The zero-order chi connectivity index (χ0) is 31.4. The summed E-state index contributed by atoms with van der Waals surface area (Å²) >= 11 is 13.8. The highest BCUT2D eigenvalue weighted by atomic mass is 35.5. The number of esters is 1. The van der Waals surface area contributed by atoms with Gasteiger partial charge in [0.15, 0.2) is 16.9 Å². The Morgan fingerprint density at radius 1 is 1.11 bits per heavy atom. The van der Waals surface area contributed by atoms with E-state index in [1.165, 1.54) is 54.9 Å². The first-order chi connectivity index (χ1) is 21.1. The molecule has 0 spiro atoms. The number of pyridine rings is 1. The number of aromatic nitrogens is 1. The van der Waals surface area contributed by atoms with Gasteiger partial charge in [-0.25, -0.2) is 13.2 Å². The maximum absolute atomic E-state index is 13.7. The minimum absolute atomic E-state index is 0.0389. The number of ether oxygens (including phenoxy) is 3. The van der Waals surface area contributed by atoms with Gasteiger partial charge in [-0.15, -0.1) is 11.8 Å². The summed E-state index contributed by atoms with van der Waals surface area (Å²) in [6, 6.07) is 11.5. The van der Waals surface area contributed by atoms with Crippen molar-refractivity contribution in [3.8, 4) is 17.6 Å². The van der Waals surface area contributed by atoms with E-state index < -0.39 is 34.1 Å². The molecule has 0 radical (unpaired) electrons. The van der Waals surface area contributed by atoms with Gasteiger partial charge in [0.2, 0.25) is 10.0 Å². The molecule has 2 unspecified atom stereocenters. The average Bonchev–Trinajstić information content (AvgIpc) is 3.69. The van der Waals surface area contributed by atoms with E-state index >= 15 is 0 Å². The minimum atomic E-state index is -4.12. The number of halogens is 4. The van der Waals surface area contributed by atoms with E-state index in [4.69, 9.17) is 37.9 Å². The first kappa shape index (κ1) is 32.2. The number of sulfonamides is 1. The summed E-state index contributed by atoms with van der Waals surface area (Å²) in [6.07, 6.45) is 3.57. The van der Waals surface area contributed by atoms with E-state index in [0.717, 1.165) is 28.9 Å². The molecule has 1 saturated carbocycles. The number of thioether (sulfide) groups is 1. The van der Waals surface area contributed by atoms with Crippen molar-refractivity contribution in [1.82, 2.24) is 9.29 Å². The fraction of sp³-hybridized carbons (Fsp3) is 0.345. The van der Waals surface area contributed by atoms with Crippen LogP contribution in [-0.2, 0) is 26.0 Å². The van der Waals surface area contributed by atoms with Crippen molar-refractivity contribution in [3.05, 3.63) is 81.6 Å². The van der Waals surface area contributed by atoms with Crippen LogP contribution in [0.5, 0.6) is 11.5 Å². The van der Waals surface area contributed by atoms with Crippen molar-refractivity contribution in [3.63, 3.8) is 0 Å². The van der Waals surface area contributed by atoms with Crippen molar-refractivity contribution < 1.29 is 36.2 Å². The van der Waals surface area contributed by atoms with Crippen LogP contribution in [0.3, 0.4) is 0 Å². The summed E-state index contributed by atoms with van der Waals surface area (Å²) in [5.41, 5.74) is 1.06. The van der Waals surface area contributed by atoms with Gasteiger partial charge in [-0.3, -0.25) is 4.98 Å². The van der Waals surface area contributed by atoms with E-state index in [0.29, 0.717) is 29.4 Å². The standard InChI is InChI=1S/C29H25Cl2F2N3O6S2/c30-22-14-35-15-23(31)21(22)12-25(19-5-8-24(42-29(32)33)26(11-19)40-16-18-1-2-18)41-28(37)27-36(9-10-43-27)44(38,39)20-6-3-17(13-34)4-7-20/h3-8,11,14-15,18,25,27,29H,1-2,9-10,12,16H2. The molecule has 3 aromatic rings. The third-order valence-corrected chi connectivity index (χ3v) is 10.8. The highest BCUT2D eigenvalue weighted by Gasteiger charge is 2.42. The Morgan fingerprint density at radius 3 is 2.45 bits per heavy atom. The second-order valence-corrected chi connectivity index (χ2v) is 13.9. The molecule has 2 heterocycles. The molecule has 1 aliphatic carbocycles. The molecule has 15 heteroatoms. The Hall–Kier alpha value is -3.15. The van der Waals surface area contributed by atoms with Crippen LogP contribution >= 0.6 is 35.0 Å². The average molecular weight is 685 g/mol. The molecule has 1 aliphatic heterocycles. The molecule has 5 rings (SSSR count). The number of carbonyl (C=O) groups is 1. The number of hydrogen-bond donors (Lipinski definition) is 0. The Bertz CT molecular complexity index is 1650. The predicted octanol–water partition coefficient (Wildman–Crippen LogP) is 6.24. The molecule has 0 bridgehead atoms. The SMILES string of the molecule is N#Cc1ccc(S(=O)(=O)N2CCSC2C(=O)OC(Cc2c(Cl)cncc2Cl)c2ccc(OC(F)F)c(OCC3CC3)c2)cc1. The van der Waals surface area contributed by atoms with Crippen LogP contribution in [0.25, 0.3) is 0 Å². The fourth-order valence-electron chi connectivity index (χ4n) is 4.49. The lowest BCUT2D eigenvalue weighted by Gasteiger charge is -2.26. The van der Waals surface area contributed by atoms with Gasteiger partial charge in [0.05, 0.1) is 33.2 Å². The van der Waals surface area contributed by atoms with Gasteiger partial charge in [-0.05, 0) is 66.3 Å². The molecule has 2 fully saturated rings. The highest BCUT2D eigenvalue weighted by molar-refractivity contribution is 8.02. The third-order valence-electron chi connectivity index (χ3n) is 6.97. The highest BCUT2D eigenvalue weighted by Crippen LogP contribution is 2.39. The van der Waals surface area contributed by atoms with Gasteiger partial charge in [0, 0.05) is 31.1 Å². The van der Waals surface area contributed by atoms with Crippen molar-refractivity contribution >= 4 is 51.0 Å². The Labute approximate surface area is 267 Å². The fourth-order valence-corrected chi connectivity index (χ4v) is 8.06. The molecule has 0 N–H and O–H groups in total. The van der Waals surface area contributed by atoms with Crippen LogP contribution in [0.1, 0.15) is 35.6 Å². The monoisotopic (exact) mass is 683 g/mol. The summed E-state index contributed by atoms with van der Waals surface area (Å²) < 4.78 is 70.7. The molecule has 1 aromatic heterocycles. The second kappa shape index (κ2) is 13.9. The molecule has 44 heavy (non-hydrogen) atoms. The molecular formula is C29H25Cl2F2N3O6S2. The molecule has 2 aliphatic rings. The van der Waals surface area contributed by atoms with Crippen molar-refractivity contribution in [2.45, 2.75) is 42.2 Å². The Morgan fingerprint density at radius 2 is 1.82 bits per heavy atom. The van der Waals surface area contributed by atoms with Gasteiger partial charge >= 0.3 is 12.6 Å². The van der Waals surface area contributed by atoms with Gasteiger partial charge in [0.1, 0.15) is 6.10 Å². The zero-order valence-corrected chi connectivity index (χ0v) is 26.0. The van der Waals surface area contributed by atoms with Crippen LogP contribution in [-0.4, -0.2) is 54.6 Å². The maximum atomic E-state index is 13.7. The quantitative estimate of drug-likeness (QED) is 0.204. The summed E-state index contributed by atoms with van der Waals surface area (Å²) in [5, 5.41) is 8.27. The lowest BCUT2D eigenvalue weighted by Crippen LogP contribution is -2.40. The van der Waals surface area contributed by atoms with E-state index in [-0.39, 0.29) is 45.0 Å². The van der Waals surface area contributed by atoms with E-state index in [9.17, 15) is 22.0 Å². The van der Waals surface area contributed by atoms with Crippen molar-refractivity contribution in [2.75, 3.05) is 18.9 Å². The number of nitrogens with zero attached hydrogens (tertiary/aromatic N) is 3. The number of alkyl halides is 2. The van der Waals surface area contributed by atoms with E-state index in [1.54, 1.807) is 0 Å². The number of rotatable bonds is 12. The maximum Gasteiger partial charge on any atom is 0.387 e. The van der Waals surface area contributed by atoms with Crippen LogP contribution < -0.4 is 9.47 Å². The lowest BCUT2D eigenvalue weighted by molar-refractivity contribution is -0.150. The minimum Gasteiger partial charge on any atom is -0.489 e. The van der Waals surface area contributed by atoms with Gasteiger partial charge in [-0.2, -0.15) is 18.3 Å². The number of nitriles is 1. The zero-order valence-electron chi connectivity index (χ0n) is 22.9. The molecule has 232 valence electrons. The molecule has 2 atom stereocenters. The summed E-state index contributed by atoms with van der Waals surface area (Å²) in [5.74, 6) is -0.335. The first-order valence-electron chi connectivity index (χ1n) is 13.4. The van der Waals surface area contributed by atoms with E-state index in [1.807, 2.05) is 6.07 Å². The first-order valence-corrected chi connectivity index (χ1v) is 16.6. The molecule has 9 nitrogen and oxygen atoms in total.